The maximum Gasteiger partial charge on any atom is 0.243 e. The van der Waals surface area contributed by atoms with E-state index in [0.717, 1.165) is 41.7 Å². The van der Waals surface area contributed by atoms with E-state index in [1.807, 2.05) is 36.4 Å². The van der Waals surface area contributed by atoms with Crippen LogP contribution in [0.5, 0.6) is 0 Å². The van der Waals surface area contributed by atoms with Crippen LogP contribution in [0.25, 0.3) is 11.0 Å². The molecular formula is C27H34N4O3S. The molecule has 1 atom stereocenters. The molecule has 0 spiro atoms. The Morgan fingerprint density at radius 3 is 2.49 bits per heavy atom. The fourth-order valence-corrected chi connectivity index (χ4v) is 6.84. The number of aromatic amines is 1. The number of hydrogen-bond acceptors (Lipinski definition) is 4. The fraction of sp³-hybridized carbons (Fsp3) is 0.481. The molecule has 2 N–H and O–H groups in total. The van der Waals surface area contributed by atoms with Gasteiger partial charge in [-0.25, -0.2) is 13.4 Å². The Hall–Kier alpha value is -2.71. The summed E-state index contributed by atoms with van der Waals surface area (Å²) in [6.07, 6.45) is 5.29. The second-order valence-corrected chi connectivity index (χ2v) is 12.1. The van der Waals surface area contributed by atoms with Crippen molar-refractivity contribution in [1.29, 1.82) is 0 Å². The predicted molar refractivity (Wildman–Crippen MR) is 136 cm³/mol. The van der Waals surface area contributed by atoms with Crippen LogP contribution in [0.15, 0.2) is 47.4 Å². The smallest absolute Gasteiger partial charge is 0.243 e. The molecule has 0 saturated carbocycles. The lowest BCUT2D eigenvalue weighted by Gasteiger charge is -2.32. The van der Waals surface area contributed by atoms with Crippen LogP contribution < -0.4 is 5.32 Å². The lowest BCUT2D eigenvalue weighted by molar-refractivity contribution is -0.127. The van der Waals surface area contributed by atoms with E-state index in [1.165, 1.54) is 12.0 Å². The number of sulfonamides is 1. The minimum atomic E-state index is -3.55. The van der Waals surface area contributed by atoms with Gasteiger partial charge in [0.2, 0.25) is 15.9 Å². The molecule has 1 aliphatic heterocycles. The quantitative estimate of drug-likeness (QED) is 0.532. The minimum absolute atomic E-state index is 0.0324. The summed E-state index contributed by atoms with van der Waals surface area (Å²) in [5, 5.41) is 3.18. The van der Waals surface area contributed by atoms with Gasteiger partial charge >= 0.3 is 0 Å². The van der Waals surface area contributed by atoms with Gasteiger partial charge in [0.05, 0.1) is 22.0 Å². The number of amides is 1. The standard InChI is InChI=1S/C27H34N4O3S/c1-18(2)25(26-28-23-9-5-6-10-24(23)29-26)30-27(32)20-13-15-31(16-14-20)35(33,34)22-12-11-19-7-3-4-8-21(19)17-22/h5-6,9-12,17-18,20,25H,3-4,7-8,13-16H2,1-2H3,(H,28,29)(H,30,32). The van der Waals surface area contributed by atoms with Crippen LogP contribution in [-0.2, 0) is 27.7 Å². The Bertz CT molecular complexity index is 1290. The Balaban J connectivity index is 1.24. The molecule has 1 amide bonds. The molecular weight excluding hydrogens is 460 g/mol. The van der Waals surface area contributed by atoms with Crippen molar-refractivity contribution in [2.24, 2.45) is 11.8 Å². The van der Waals surface area contributed by atoms with Gasteiger partial charge in [-0.1, -0.05) is 32.0 Å². The van der Waals surface area contributed by atoms with Crippen molar-refractivity contribution in [3.05, 3.63) is 59.4 Å². The highest BCUT2D eigenvalue weighted by molar-refractivity contribution is 7.89. The second kappa shape index (κ2) is 9.74. The van der Waals surface area contributed by atoms with E-state index in [2.05, 4.69) is 29.1 Å². The normalized spacial score (nSPS) is 18.5. The zero-order chi connectivity index (χ0) is 24.6. The van der Waals surface area contributed by atoms with E-state index in [1.54, 1.807) is 10.4 Å². The van der Waals surface area contributed by atoms with Crippen LogP contribution in [0.4, 0.5) is 0 Å². The monoisotopic (exact) mass is 494 g/mol. The number of nitrogens with one attached hydrogen (secondary N) is 2. The first-order chi connectivity index (χ1) is 16.8. The van der Waals surface area contributed by atoms with Gasteiger partial charge in [-0.2, -0.15) is 4.31 Å². The largest absolute Gasteiger partial charge is 0.346 e. The summed E-state index contributed by atoms with van der Waals surface area (Å²) in [4.78, 5) is 21.6. The molecule has 0 bridgehead atoms. The summed E-state index contributed by atoms with van der Waals surface area (Å²) in [6, 6.07) is 13.2. The van der Waals surface area contributed by atoms with Crippen molar-refractivity contribution >= 4 is 27.0 Å². The number of benzene rings is 2. The van der Waals surface area contributed by atoms with Crippen LogP contribution >= 0.6 is 0 Å². The number of aromatic nitrogens is 2. The lowest BCUT2D eigenvalue weighted by Crippen LogP contribution is -2.44. The first kappa shape index (κ1) is 24.0. The lowest BCUT2D eigenvalue weighted by atomic mass is 9.92. The fourth-order valence-electron chi connectivity index (χ4n) is 5.32. The average Bonchev–Trinajstić information content (AvgIpc) is 3.30. The molecule has 186 valence electrons. The zero-order valence-corrected chi connectivity index (χ0v) is 21.3. The highest BCUT2D eigenvalue weighted by Crippen LogP contribution is 2.29. The van der Waals surface area contributed by atoms with Gasteiger partial charge in [0.15, 0.2) is 0 Å². The molecule has 1 unspecified atom stereocenters. The summed E-state index contributed by atoms with van der Waals surface area (Å²) in [5.74, 6) is 0.663. The molecule has 2 aromatic carbocycles. The molecule has 2 aliphatic rings. The number of imidazole rings is 1. The summed E-state index contributed by atoms with van der Waals surface area (Å²) >= 11 is 0. The van der Waals surface area contributed by atoms with Crippen molar-refractivity contribution in [3.63, 3.8) is 0 Å². The third kappa shape index (κ3) is 4.86. The molecule has 3 aromatic rings. The van der Waals surface area contributed by atoms with Crippen molar-refractivity contribution in [2.75, 3.05) is 13.1 Å². The average molecular weight is 495 g/mol. The van der Waals surface area contributed by atoms with Gasteiger partial charge < -0.3 is 10.3 Å². The van der Waals surface area contributed by atoms with Crippen LogP contribution in [0.1, 0.15) is 62.5 Å². The van der Waals surface area contributed by atoms with E-state index in [-0.39, 0.29) is 23.8 Å². The number of carbonyl (C=O) groups is 1. The summed E-state index contributed by atoms with van der Waals surface area (Å²) < 4.78 is 28.1. The molecule has 8 heteroatoms. The third-order valence-electron chi connectivity index (χ3n) is 7.45. The van der Waals surface area contributed by atoms with E-state index in [0.29, 0.717) is 30.8 Å². The van der Waals surface area contributed by atoms with Crippen LogP contribution in [0, 0.1) is 11.8 Å². The number of fused-ring (bicyclic) bond motifs is 2. The first-order valence-electron chi connectivity index (χ1n) is 12.7. The maximum absolute atomic E-state index is 13.3. The summed E-state index contributed by atoms with van der Waals surface area (Å²) in [5.41, 5.74) is 4.26. The van der Waals surface area contributed by atoms with Gasteiger partial charge in [0, 0.05) is 19.0 Å². The van der Waals surface area contributed by atoms with Crippen LogP contribution in [-0.4, -0.2) is 41.7 Å². The molecule has 5 rings (SSSR count). The van der Waals surface area contributed by atoms with Gasteiger partial charge in [-0.15, -0.1) is 0 Å². The Morgan fingerprint density at radius 1 is 1.06 bits per heavy atom. The number of carbonyl (C=O) groups excluding carboxylic acids is 1. The van der Waals surface area contributed by atoms with Crippen molar-refractivity contribution in [2.45, 2.75) is 63.3 Å². The predicted octanol–water partition coefficient (Wildman–Crippen LogP) is 4.36. The van der Waals surface area contributed by atoms with Gasteiger partial charge in [-0.3, -0.25) is 4.79 Å². The molecule has 0 radical (unpaired) electrons. The number of piperidine rings is 1. The van der Waals surface area contributed by atoms with E-state index < -0.39 is 10.0 Å². The number of hydrogen-bond donors (Lipinski definition) is 2. The van der Waals surface area contributed by atoms with Gasteiger partial charge in [0.25, 0.3) is 0 Å². The van der Waals surface area contributed by atoms with E-state index >= 15 is 0 Å². The summed E-state index contributed by atoms with van der Waals surface area (Å²) in [7, 11) is -3.55. The Kier molecular flexibility index (Phi) is 6.68. The van der Waals surface area contributed by atoms with Crippen LogP contribution in [0.3, 0.4) is 0 Å². The highest BCUT2D eigenvalue weighted by atomic mass is 32.2. The first-order valence-corrected chi connectivity index (χ1v) is 14.1. The Morgan fingerprint density at radius 2 is 1.77 bits per heavy atom. The van der Waals surface area contributed by atoms with E-state index in [4.69, 9.17) is 0 Å². The SMILES string of the molecule is CC(C)C(NC(=O)C1CCN(S(=O)(=O)c2ccc3c(c2)CCCC3)CC1)c1nc2ccccc2[nH]1. The van der Waals surface area contributed by atoms with Gasteiger partial charge in [-0.05, 0) is 79.8 Å². The molecule has 1 fully saturated rings. The number of aryl methyl sites for hydroxylation is 2. The maximum atomic E-state index is 13.3. The van der Waals surface area contributed by atoms with Crippen molar-refractivity contribution < 1.29 is 13.2 Å². The van der Waals surface area contributed by atoms with Crippen LogP contribution in [0.2, 0.25) is 0 Å². The minimum Gasteiger partial charge on any atom is -0.346 e. The third-order valence-corrected chi connectivity index (χ3v) is 9.34. The molecule has 2 heterocycles. The molecule has 1 aliphatic carbocycles. The van der Waals surface area contributed by atoms with Crippen molar-refractivity contribution in [3.8, 4) is 0 Å². The Labute approximate surface area is 207 Å². The topological polar surface area (TPSA) is 95.2 Å². The number of rotatable bonds is 6. The molecule has 1 saturated heterocycles. The van der Waals surface area contributed by atoms with E-state index in [9.17, 15) is 13.2 Å². The number of nitrogens with zero attached hydrogens (tertiary/aromatic N) is 2. The molecule has 1 aromatic heterocycles. The number of H-pyrrole nitrogens is 1. The molecule has 7 nitrogen and oxygen atoms in total. The molecule has 35 heavy (non-hydrogen) atoms. The van der Waals surface area contributed by atoms with Gasteiger partial charge in [0.1, 0.15) is 5.82 Å². The summed E-state index contributed by atoms with van der Waals surface area (Å²) in [6.45, 7) is 4.83. The zero-order valence-electron chi connectivity index (χ0n) is 20.5. The van der Waals surface area contributed by atoms with Crippen molar-refractivity contribution in [1.82, 2.24) is 19.6 Å². The second-order valence-electron chi connectivity index (χ2n) is 10.2. The number of para-hydroxylation sites is 2. The highest BCUT2D eigenvalue weighted by Gasteiger charge is 2.34.